The summed E-state index contributed by atoms with van der Waals surface area (Å²) < 4.78 is 27.8. The summed E-state index contributed by atoms with van der Waals surface area (Å²) in [5.41, 5.74) is 9.49. The molecule has 0 radical (unpaired) electrons. The standard InChI is InChI=1S/C30H33F2N9/c1-5-23-21(7-6-10-35-23)27(24-16-41(40-39-24)30(8-9-30)28(31)32)38-20-11-18(13-33)25-22(12-20)26(19(14-34)15-36-25)37-17-29(2,3)4/h6-7,10-12,15-16,27-28,38-40H,5,8-9,17H2,1-4H3,(H,36,37)/t27-/m0/s1. The van der Waals surface area contributed by atoms with Gasteiger partial charge in [0.25, 0.3) is 6.43 Å². The van der Waals surface area contributed by atoms with E-state index < -0.39 is 18.0 Å². The van der Waals surface area contributed by atoms with Crippen molar-refractivity contribution in [2.45, 2.75) is 65.0 Å². The summed E-state index contributed by atoms with van der Waals surface area (Å²) in [6, 6.07) is 11.3. The number of aromatic nitrogens is 2. The van der Waals surface area contributed by atoms with Gasteiger partial charge in [-0.15, -0.1) is 5.53 Å². The molecule has 0 amide bonds. The summed E-state index contributed by atoms with van der Waals surface area (Å²) in [6.07, 6.45) is 3.84. The van der Waals surface area contributed by atoms with Crippen LogP contribution in [0.2, 0.25) is 0 Å². The minimum atomic E-state index is -2.50. The van der Waals surface area contributed by atoms with E-state index in [0.29, 0.717) is 64.9 Å². The number of hydrazine groups is 2. The zero-order valence-corrected chi connectivity index (χ0v) is 23.5. The summed E-state index contributed by atoms with van der Waals surface area (Å²) in [6.45, 7) is 8.87. The SMILES string of the molecule is CCc1ncccc1[C@H](Nc1cc(C#N)c2ncc(C#N)c(NCC(C)(C)C)c2c1)C1=CN(C2(C(F)F)CC2)NN1. The molecule has 212 valence electrons. The lowest BCUT2D eigenvalue weighted by Crippen LogP contribution is -2.48. The monoisotopic (exact) mass is 557 g/mol. The number of rotatable bonds is 9. The Hall–Kier alpha value is -4.48. The number of pyridine rings is 2. The number of nitrogens with zero attached hydrogens (tertiary/aromatic N) is 5. The average Bonchev–Trinajstić information content (AvgIpc) is 3.63. The molecule has 1 fully saturated rings. The van der Waals surface area contributed by atoms with Gasteiger partial charge < -0.3 is 16.1 Å². The number of hydrogen-bond donors (Lipinski definition) is 4. The number of nitrogens with one attached hydrogen (secondary N) is 4. The topological polar surface area (TPSA) is 125 Å². The minimum Gasteiger partial charge on any atom is -0.383 e. The molecule has 0 spiro atoms. The average molecular weight is 558 g/mol. The molecule has 1 aliphatic carbocycles. The van der Waals surface area contributed by atoms with Gasteiger partial charge in [-0.05, 0) is 42.9 Å². The highest BCUT2D eigenvalue weighted by molar-refractivity contribution is 5.99. The van der Waals surface area contributed by atoms with Crippen LogP contribution in [0, 0.1) is 28.1 Å². The van der Waals surface area contributed by atoms with Crippen LogP contribution in [0.5, 0.6) is 0 Å². The maximum absolute atomic E-state index is 13.9. The predicted octanol–water partition coefficient (Wildman–Crippen LogP) is 5.51. The summed E-state index contributed by atoms with van der Waals surface area (Å²) in [5, 5.41) is 28.9. The van der Waals surface area contributed by atoms with Gasteiger partial charge in [0.1, 0.15) is 17.7 Å². The summed E-state index contributed by atoms with van der Waals surface area (Å²) in [4.78, 5) is 8.99. The van der Waals surface area contributed by atoms with Crippen LogP contribution in [0.25, 0.3) is 10.9 Å². The van der Waals surface area contributed by atoms with E-state index in [9.17, 15) is 19.3 Å². The first-order chi connectivity index (χ1) is 19.6. The van der Waals surface area contributed by atoms with Gasteiger partial charge in [-0.3, -0.25) is 15.0 Å². The number of nitriles is 2. The van der Waals surface area contributed by atoms with E-state index in [1.54, 1.807) is 18.5 Å². The largest absolute Gasteiger partial charge is 0.383 e. The molecule has 1 saturated carbocycles. The molecule has 1 aromatic carbocycles. The molecule has 4 N–H and O–H groups in total. The van der Waals surface area contributed by atoms with E-state index in [4.69, 9.17) is 0 Å². The van der Waals surface area contributed by atoms with Gasteiger partial charge in [0, 0.05) is 47.5 Å². The Kier molecular flexibility index (Phi) is 7.41. The highest BCUT2D eigenvalue weighted by atomic mass is 19.3. The van der Waals surface area contributed by atoms with Crippen molar-refractivity contribution in [2.24, 2.45) is 5.41 Å². The maximum atomic E-state index is 13.9. The first-order valence-electron chi connectivity index (χ1n) is 13.6. The van der Waals surface area contributed by atoms with Gasteiger partial charge in [-0.2, -0.15) is 10.5 Å². The second-order valence-corrected chi connectivity index (χ2v) is 11.7. The molecular weight excluding hydrogens is 524 g/mol. The number of hydrogen-bond acceptors (Lipinski definition) is 9. The van der Waals surface area contributed by atoms with Crippen molar-refractivity contribution in [2.75, 3.05) is 17.2 Å². The first kappa shape index (κ1) is 28.1. The van der Waals surface area contributed by atoms with Crippen molar-refractivity contribution in [3.8, 4) is 12.1 Å². The highest BCUT2D eigenvalue weighted by Crippen LogP contribution is 2.47. The molecule has 9 nitrogen and oxygen atoms in total. The van der Waals surface area contributed by atoms with Gasteiger partial charge in [0.15, 0.2) is 0 Å². The summed E-state index contributed by atoms with van der Waals surface area (Å²) in [5.74, 6) is 0. The Morgan fingerprint density at radius 1 is 1.15 bits per heavy atom. The van der Waals surface area contributed by atoms with Crippen LogP contribution in [0.15, 0.2) is 48.6 Å². The van der Waals surface area contributed by atoms with Crippen molar-refractivity contribution in [1.29, 1.82) is 10.5 Å². The van der Waals surface area contributed by atoms with E-state index in [2.05, 4.69) is 64.5 Å². The van der Waals surface area contributed by atoms with E-state index in [1.165, 1.54) is 11.2 Å². The van der Waals surface area contributed by atoms with E-state index in [1.807, 2.05) is 25.1 Å². The minimum absolute atomic E-state index is 0.0607. The van der Waals surface area contributed by atoms with Gasteiger partial charge in [-0.25, -0.2) is 8.78 Å². The third-order valence-electron chi connectivity index (χ3n) is 7.44. The van der Waals surface area contributed by atoms with Crippen molar-refractivity contribution in [3.05, 3.63) is 70.9 Å². The van der Waals surface area contributed by atoms with Crippen molar-refractivity contribution >= 4 is 22.3 Å². The molecule has 0 saturated heterocycles. The molecule has 41 heavy (non-hydrogen) atoms. The third-order valence-corrected chi connectivity index (χ3v) is 7.44. The normalized spacial score (nSPS) is 16.5. The molecule has 11 heteroatoms. The molecule has 0 unspecified atom stereocenters. The number of aryl methyl sites for hydroxylation is 1. The fourth-order valence-corrected chi connectivity index (χ4v) is 5.01. The fraction of sp³-hybridized carbons (Fsp3) is 0.400. The van der Waals surface area contributed by atoms with Crippen LogP contribution in [0.4, 0.5) is 20.2 Å². The number of alkyl halides is 2. The first-order valence-corrected chi connectivity index (χ1v) is 13.6. The van der Waals surface area contributed by atoms with Crippen LogP contribution >= 0.6 is 0 Å². The predicted molar refractivity (Wildman–Crippen MR) is 153 cm³/mol. The van der Waals surface area contributed by atoms with Gasteiger partial charge in [-0.1, -0.05) is 33.8 Å². The Morgan fingerprint density at radius 3 is 2.54 bits per heavy atom. The smallest absolute Gasteiger partial charge is 0.262 e. The van der Waals surface area contributed by atoms with E-state index in [-0.39, 0.29) is 5.41 Å². The lowest BCUT2D eigenvalue weighted by molar-refractivity contribution is 0.00911. The number of benzene rings is 1. The quantitative estimate of drug-likeness (QED) is 0.269. The van der Waals surface area contributed by atoms with E-state index in [0.717, 1.165) is 11.3 Å². The van der Waals surface area contributed by atoms with Gasteiger partial charge in [0.05, 0.1) is 34.1 Å². The van der Waals surface area contributed by atoms with Crippen LogP contribution in [-0.2, 0) is 6.42 Å². The Balaban J connectivity index is 1.61. The maximum Gasteiger partial charge on any atom is 0.262 e. The zero-order valence-electron chi connectivity index (χ0n) is 23.5. The molecule has 1 atom stereocenters. The van der Waals surface area contributed by atoms with Crippen LogP contribution < -0.4 is 21.6 Å². The Morgan fingerprint density at radius 2 is 1.90 bits per heavy atom. The molecule has 2 aliphatic rings. The molecule has 3 aromatic rings. The summed E-state index contributed by atoms with van der Waals surface area (Å²) >= 11 is 0. The lowest BCUT2D eigenvalue weighted by atomic mass is 9.96. The van der Waals surface area contributed by atoms with Crippen LogP contribution in [0.3, 0.4) is 0 Å². The van der Waals surface area contributed by atoms with Crippen LogP contribution in [0.1, 0.15) is 69.0 Å². The summed E-state index contributed by atoms with van der Waals surface area (Å²) in [7, 11) is 0. The number of anilines is 2. The fourth-order valence-electron chi connectivity index (χ4n) is 5.01. The molecule has 5 rings (SSSR count). The van der Waals surface area contributed by atoms with Crippen molar-refractivity contribution in [1.82, 2.24) is 25.9 Å². The van der Waals surface area contributed by atoms with Gasteiger partial charge in [0.2, 0.25) is 0 Å². The van der Waals surface area contributed by atoms with Gasteiger partial charge >= 0.3 is 0 Å². The molecule has 0 bridgehead atoms. The lowest BCUT2D eigenvalue weighted by Gasteiger charge is -2.25. The molecular formula is C30H33F2N9. The Labute approximate surface area is 238 Å². The van der Waals surface area contributed by atoms with E-state index >= 15 is 0 Å². The number of fused-ring (bicyclic) bond motifs is 1. The zero-order chi connectivity index (χ0) is 29.4. The second kappa shape index (κ2) is 10.8. The Bertz CT molecular complexity index is 1580. The van der Waals surface area contributed by atoms with Crippen molar-refractivity contribution in [3.63, 3.8) is 0 Å². The second-order valence-electron chi connectivity index (χ2n) is 11.7. The van der Waals surface area contributed by atoms with Crippen LogP contribution in [-0.4, -0.2) is 33.5 Å². The third kappa shape index (κ3) is 5.46. The molecule has 2 aromatic heterocycles. The van der Waals surface area contributed by atoms with Crippen molar-refractivity contribution < 1.29 is 8.78 Å². The molecule has 1 aliphatic heterocycles. The molecule has 3 heterocycles. The number of halogens is 2. The highest BCUT2D eigenvalue weighted by Gasteiger charge is 2.56.